The molecule has 0 amide bonds. The molecule has 5 nitrogen and oxygen atoms in total. The molecule has 1 atom stereocenters. The van der Waals surface area contributed by atoms with Crippen LogP contribution in [0.3, 0.4) is 0 Å². The van der Waals surface area contributed by atoms with Gasteiger partial charge in [0.05, 0.1) is 17.8 Å². The van der Waals surface area contributed by atoms with Crippen molar-refractivity contribution in [3.05, 3.63) is 88.8 Å². The molecule has 158 valence electrons. The van der Waals surface area contributed by atoms with Gasteiger partial charge in [0, 0.05) is 23.2 Å². The number of nitrogens with one attached hydrogen (secondary N) is 1. The first-order chi connectivity index (χ1) is 14.8. The molecule has 0 radical (unpaired) electrons. The first-order valence-corrected chi connectivity index (χ1v) is 9.09. The van der Waals surface area contributed by atoms with Crippen molar-refractivity contribution in [2.75, 3.05) is 5.32 Å². The van der Waals surface area contributed by atoms with Crippen molar-refractivity contribution in [3.8, 4) is 11.5 Å². The number of aryl methyl sites for hydroxylation is 1. The highest BCUT2D eigenvalue weighted by atomic mass is 19.2. The summed E-state index contributed by atoms with van der Waals surface area (Å²) in [5, 5.41) is 23.7. The molecule has 3 N–H and O–H groups in total. The summed E-state index contributed by atoms with van der Waals surface area (Å²) >= 11 is 0. The Labute approximate surface area is 173 Å². The van der Waals surface area contributed by atoms with E-state index in [-0.39, 0.29) is 28.7 Å². The van der Waals surface area contributed by atoms with E-state index in [9.17, 15) is 27.8 Å². The van der Waals surface area contributed by atoms with Gasteiger partial charge in [0.15, 0.2) is 23.3 Å². The van der Waals surface area contributed by atoms with Gasteiger partial charge in [-0.3, -0.25) is 4.98 Å². The Balaban J connectivity index is 1.96. The maximum absolute atomic E-state index is 14.7. The van der Waals surface area contributed by atoms with E-state index in [1.807, 2.05) is 0 Å². The van der Waals surface area contributed by atoms with Crippen molar-refractivity contribution in [2.45, 2.75) is 13.0 Å². The van der Waals surface area contributed by atoms with Gasteiger partial charge in [-0.15, -0.1) is 0 Å². The van der Waals surface area contributed by atoms with Gasteiger partial charge >= 0.3 is 0 Å². The second kappa shape index (κ2) is 7.75. The smallest absolute Gasteiger partial charge is 0.167 e. The normalized spacial score (nSPS) is 12.2. The highest BCUT2D eigenvalue weighted by Gasteiger charge is 2.30. The van der Waals surface area contributed by atoms with E-state index in [2.05, 4.69) is 15.3 Å². The van der Waals surface area contributed by atoms with E-state index in [1.165, 1.54) is 18.3 Å². The minimum Gasteiger partial charge on any atom is -0.506 e. The van der Waals surface area contributed by atoms with Crippen LogP contribution in [0.15, 0.2) is 48.8 Å². The van der Waals surface area contributed by atoms with Crippen LogP contribution in [0.1, 0.15) is 22.7 Å². The molecule has 4 aromatic rings. The van der Waals surface area contributed by atoms with Gasteiger partial charge in [0.2, 0.25) is 0 Å². The number of aromatic hydroxyl groups is 2. The van der Waals surface area contributed by atoms with E-state index in [1.54, 1.807) is 25.1 Å². The Bertz CT molecular complexity index is 1290. The summed E-state index contributed by atoms with van der Waals surface area (Å²) in [5.41, 5.74) is -0.525. The van der Waals surface area contributed by atoms with Crippen LogP contribution in [-0.4, -0.2) is 20.2 Å². The predicted octanol–water partition coefficient (Wildman–Crippen LogP) is 5.11. The van der Waals surface area contributed by atoms with Gasteiger partial charge in [-0.25, -0.2) is 22.5 Å². The first kappa shape index (κ1) is 20.4. The van der Waals surface area contributed by atoms with E-state index < -0.39 is 40.6 Å². The highest BCUT2D eigenvalue weighted by molar-refractivity contribution is 5.86. The fourth-order valence-electron chi connectivity index (χ4n) is 3.30. The number of fused-ring (bicyclic) bond motifs is 1. The number of aromatic nitrogens is 2. The average molecular weight is 429 g/mol. The second-order valence-corrected chi connectivity index (χ2v) is 6.89. The summed E-state index contributed by atoms with van der Waals surface area (Å²) in [7, 11) is 0. The lowest BCUT2D eigenvalue weighted by Crippen LogP contribution is -2.19. The molecule has 2 aromatic carbocycles. The highest BCUT2D eigenvalue weighted by Crippen LogP contribution is 2.39. The van der Waals surface area contributed by atoms with Gasteiger partial charge < -0.3 is 15.5 Å². The molecular formula is C22H15F4N3O2. The van der Waals surface area contributed by atoms with Crippen molar-refractivity contribution >= 4 is 16.7 Å². The Hall–Kier alpha value is -3.88. The molecule has 0 saturated carbocycles. The SMILES string of the molecule is Cc1cc(NC(c2ccc3cccnc3c2O)c2c(F)c(F)cc(F)c2F)ncc1O. The van der Waals surface area contributed by atoms with E-state index >= 15 is 0 Å². The van der Waals surface area contributed by atoms with Crippen molar-refractivity contribution in [3.63, 3.8) is 0 Å². The predicted molar refractivity (Wildman–Crippen MR) is 106 cm³/mol. The second-order valence-electron chi connectivity index (χ2n) is 6.89. The maximum Gasteiger partial charge on any atom is 0.167 e. The van der Waals surface area contributed by atoms with Crippen LogP contribution in [0.4, 0.5) is 23.4 Å². The Morgan fingerprint density at radius 3 is 2.32 bits per heavy atom. The molecule has 1 unspecified atom stereocenters. The largest absolute Gasteiger partial charge is 0.506 e. The molecule has 0 aliphatic carbocycles. The zero-order valence-corrected chi connectivity index (χ0v) is 16.0. The third kappa shape index (κ3) is 3.58. The van der Waals surface area contributed by atoms with Crippen LogP contribution in [-0.2, 0) is 0 Å². The Kier molecular flexibility index (Phi) is 5.10. The number of phenolic OH excluding ortho intramolecular Hbond substituents is 1. The van der Waals surface area contributed by atoms with Gasteiger partial charge in [-0.1, -0.05) is 18.2 Å². The fourth-order valence-corrected chi connectivity index (χ4v) is 3.30. The van der Waals surface area contributed by atoms with E-state index in [4.69, 9.17) is 0 Å². The summed E-state index contributed by atoms with van der Waals surface area (Å²) in [6.07, 6.45) is 2.53. The topological polar surface area (TPSA) is 78.3 Å². The van der Waals surface area contributed by atoms with Gasteiger partial charge in [-0.05, 0) is 24.6 Å². The van der Waals surface area contributed by atoms with Crippen LogP contribution < -0.4 is 5.32 Å². The summed E-state index contributed by atoms with van der Waals surface area (Å²) in [6, 6.07) is 6.14. The number of rotatable bonds is 4. The average Bonchev–Trinajstić information content (AvgIpc) is 2.75. The van der Waals surface area contributed by atoms with Crippen molar-refractivity contribution in [1.29, 1.82) is 0 Å². The standard InChI is InChI=1S/C22H15F4N3O2/c1-10-7-16(28-9-15(10)30)29-21(17-18(25)13(23)8-14(24)19(17)26)12-5-4-11-3-2-6-27-20(11)22(12)31/h2-9,21,30-31H,1H3,(H,28,29). The summed E-state index contributed by atoms with van der Waals surface area (Å²) in [5.74, 6) is -6.91. The third-order valence-corrected chi connectivity index (χ3v) is 4.90. The van der Waals surface area contributed by atoms with Crippen LogP contribution in [0.25, 0.3) is 10.9 Å². The quantitative estimate of drug-likeness (QED) is 0.311. The summed E-state index contributed by atoms with van der Waals surface area (Å²) in [6.45, 7) is 1.57. The lowest BCUT2D eigenvalue weighted by molar-refractivity contribution is 0.431. The number of nitrogens with zero attached hydrogens (tertiary/aromatic N) is 2. The van der Waals surface area contributed by atoms with Crippen molar-refractivity contribution < 1.29 is 27.8 Å². The molecule has 9 heteroatoms. The maximum atomic E-state index is 14.7. The number of hydrogen-bond acceptors (Lipinski definition) is 5. The molecule has 2 aromatic heterocycles. The molecule has 0 spiro atoms. The first-order valence-electron chi connectivity index (χ1n) is 9.09. The van der Waals surface area contributed by atoms with Crippen LogP contribution >= 0.6 is 0 Å². The molecule has 0 bridgehead atoms. The minimum atomic E-state index is -1.62. The molecular weight excluding hydrogens is 414 g/mol. The van der Waals surface area contributed by atoms with Crippen molar-refractivity contribution in [1.82, 2.24) is 9.97 Å². The number of anilines is 1. The number of benzene rings is 2. The molecule has 0 aliphatic rings. The number of pyridine rings is 2. The number of halogens is 4. The minimum absolute atomic E-state index is 0.0456. The lowest BCUT2D eigenvalue weighted by Gasteiger charge is -2.23. The Morgan fingerprint density at radius 1 is 0.935 bits per heavy atom. The summed E-state index contributed by atoms with van der Waals surface area (Å²) < 4.78 is 57.3. The van der Waals surface area contributed by atoms with E-state index in [0.717, 1.165) is 6.20 Å². The Morgan fingerprint density at radius 2 is 1.65 bits per heavy atom. The zero-order chi connectivity index (χ0) is 22.3. The number of phenols is 1. The monoisotopic (exact) mass is 429 g/mol. The van der Waals surface area contributed by atoms with Gasteiger partial charge in [0.25, 0.3) is 0 Å². The van der Waals surface area contributed by atoms with Crippen LogP contribution in [0, 0.1) is 30.2 Å². The van der Waals surface area contributed by atoms with E-state index in [0.29, 0.717) is 10.9 Å². The fraction of sp³-hybridized carbons (Fsp3) is 0.0909. The molecule has 0 fully saturated rings. The van der Waals surface area contributed by atoms with Gasteiger partial charge in [-0.2, -0.15) is 0 Å². The molecule has 0 saturated heterocycles. The molecule has 0 aliphatic heterocycles. The number of hydrogen-bond donors (Lipinski definition) is 3. The molecule has 31 heavy (non-hydrogen) atoms. The zero-order valence-electron chi connectivity index (χ0n) is 16.0. The van der Waals surface area contributed by atoms with Crippen LogP contribution in [0.5, 0.6) is 11.5 Å². The summed E-state index contributed by atoms with van der Waals surface area (Å²) in [4.78, 5) is 8.00. The van der Waals surface area contributed by atoms with Crippen LogP contribution in [0.2, 0.25) is 0 Å². The van der Waals surface area contributed by atoms with Gasteiger partial charge in [0.1, 0.15) is 22.8 Å². The lowest BCUT2D eigenvalue weighted by atomic mass is 9.95. The van der Waals surface area contributed by atoms with Crippen molar-refractivity contribution in [2.24, 2.45) is 0 Å². The third-order valence-electron chi connectivity index (χ3n) is 4.90. The molecule has 2 heterocycles. The molecule has 4 rings (SSSR count).